The van der Waals surface area contributed by atoms with Gasteiger partial charge in [-0.2, -0.15) is 5.26 Å². The lowest BCUT2D eigenvalue weighted by molar-refractivity contribution is -0.139. The minimum absolute atomic E-state index is 0.0226. The number of methoxy groups -OCH3 is 1. The van der Waals surface area contributed by atoms with E-state index in [0.717, 1.165) is 6.20 Å². The summed E-state index contributed by atoms with van der Waals surface area (Å²) in [6.45, 7) is -0.228. The van der Waals surface area contributed by atoms with Crippen molar-refractivity contribution in [3.8, 4) is 6.07 Å². The summed E-state index contributed by atoms with van der Waals surface area (Å²) >= 11 is 0. The number of ether oxygens (including phenoxy) is 1. The van der Waals surface area contributed by atoms with Gasteiger partial charge in [-0.15, -0.1) is 0 Å². The van der Waals surface area contributed by atoms with Gasteiger partial charge < -0.3 is 10.5 Å². The van der Waals surface area contributed by atoms with E-state index in [1.165, 1.54) is 7.11 Å². The third-order valence-corrected chi connectivity index (χ3v) is 2.41. The molecule has 0 fully saturated rings. The lowest BCUT2D eigenvalue weighted by Gasteiger charge is -2.12. The first kappa shape index (κ1) is 14.0. The molecule has 0 saturated heterocycles. The molecular weight excluding hydrogens is 244 g/mol. The molecular formula is C11H11F2N3O2. The summed E-state index contributed by atoms with van der Waals surface area (Å²) in [6.07, 6.45) is -2.08. The Labute approximate surface area is 102 Å². The molecule has 96 valence electrons. The van der Waals surface area contributed by atoms with Crippen LogP contribution in [0.1, 0.15) is 28.8 Å². The molecule has 0 unspecified atom stereocenters. The van der Waals surface area contributed by atoms with Crippen LogP contribution in [0.5, 0.6) is 0 Å². The first-order chi connectivity index (χ1) is 8.54. The number of pyridine rings is 1. The molecule has 2 N–H and O–H groups in total. The van der Waals surface area contributed by atoms with Crippen molar-refractivity contribution in [3.63, 3.8) is 0 Å². The molecule has 0 spiro atoms. The van der Waals surface area contributed by atoms with Gasteiger partial charge in [0.15, 0.2) is 0 Å². The van der Waals surface area contributed by atoms with Crippen molar-refractivity contribution >= 4 is 5.97 Å². The number of carbonyl (C=O) groups excluding carboxylic acids is 1. The number of hydrogen-bond donors (Lipinski definition) is 1. The Kier molecular flexibility index (Phi) is 4.68. The molecule has 0 atom stereocenters. The fourth-order valence-corrected chi connectivity index (χ4v) is 1.54. The van der Waals surface area contributed by atoms with Crippen LogP contribution in [0.3, 0.4) is 0 Å². The lowest BCUT2D eigenvalue weighted by Crippen LogP contribution is -2.14. The van der Waals surface area contributed by atoms with E-state index in [1.807, 2.05) is 0 Å². The molecule has 0 saturated carbocycles. The second-order valence-electron chi connectivity index (χ2n) is 3.38. The maximum atomic E-state index is 12.7. The SMILES string of the molecule is COC(=O)Cc1c(C#N)cnc(C(F)F)c1CN. The molecule has 7 heteroatoms. The number of nitriles is 1. The molecule has 1 aromatic rings. The van der Waals surface area contributed by atoms with Crippen molar-refractivity contribution in [2.24, 2.45) is 5.73 Å². The van der Waals surface area contributed by atoms with Crippen molar-refractivity contribution in [2.45, 2.75) is 19.4 Å². The molecule has 5 nitrogen and oxygen atoms in total. The molecule has 0 aliphatic rings. The van der Waals surface area contributed by atoms with Crippen molar-refractivity contribution in [2.75, 3.05) is 7.11 Å². The Bertz CT molecular complexity index is 498. The van der Waals surface area contributed by atoms with Gasteiger partial charge in [-0.05, 0) is 11.1 Å². The Morgan fingerprint density at radius 2 is 2.28 bits per heavy atom. The standard InChI is InChI=1S/C11H11F2N3O2/c1-18-9(17)2-7-6(3-14)5-16-10(11(12)13)8(7)4-15/h5,11H,2,4,15H2,1H3. The van der Waals surface area contributed by atoms with E-state index in [4.69, 9.17) is 11.0 Å². The van der Waals surface area contributed by atoms with Crippen LogP contribution in [0.15, 0.2) is 6.20 Å². The quantitative estimate of drug-likeness (QED) is 0.813. The zero-order valence-corrected chi connectivity index (χ0v) is 9.61. The topological polar surface area (TPSA) is 89.0 Å². The van der Waals surface area contributed by atoms with Crippen molar-refractivity contribution < 1.29 is 18.3 Å². The normalized spacial score (nSPS) is 10.2. The summed E-state index contributed by atoms with van der Waals surface area (Å²) < 4.78 is 29.9. The average Bonchev–Trinajstić information content (AvgIpc) is 2.37. The molecule has 1 rings (SSSR count). The lowest BCUT2D eigenvalue weighted by atomic mass is 9.99. The van der Waals surface area contributed by atoms with Crippen LogP contribution in [-0.4, -0.2) is 18.1 Å². The number of esters is 1. The molecule has 0 radical (unpaired) electrons. The highest BCUT2D eigenvalue weighted by Crippen LogP contribution is 2.25. The first-order valence-corrected chi connectivity index (χ1v) is 5.00. The molecule has 0 aliphatic heterocycles. The van der Waals surface area contributed by atoms with Gasteiger partial charge in [0.2, 0.25) is 0 Å². The highest BCUT2D eigenvalue weighted by molar-refractivity contribution is 5.74. The number of nitrogens with zero attached hydrogens (tertiary/aromatic N) is 2. The molecule has 0 aromatic carbocycles. The van der Waals surface area contributed by atoms with Crippen LogP contribution >= 0.6 is 0 Å². The number of alkyl halides is 2. The summed E-state index contributed by atoms with van der Waals surface area (Å²) in [6, 6.07) is 1.80. The highest BCUT2D eigenvalue weighted by atomic mass is 19.3. The van der Waals surface area contributed by atoms with Gasteiger partial charge in [-0.1, -0.05) is 0 Å². The largest absolute Gasteiger partial charge is 0.469 e. The fraction of sp³-hybridized carbons (Fsp3) is 0.364. The summed E-state index contributed by atoms with van der Waals surface area (Å²) in [5, 5.41) is 8.88. The van der Waals surface area contributed by atoms with E-state index in [1.54, 1.807) is 6.07 Å². The van der Waals surface area contributed by atoms with Crippen LogP contribution in [0.4, 0.5) is 8.78 Å². The fourth-order valence-electron chi connectivity index (χ4n) is 1.54. The summed E-state index contributed by atoms with van der Waals surface area (Å²) in [7, 11) is 1.17. The maximum absolute atomic E-state index is 12.7. The van der Waals surface area contributed by atoms with Crippen molar-refractivity contribution in [1.29, 1.82) is 5.26 Å². The molecule has 18 heavy (non-hydrogen) atoms. The predicted octanol–water partition coefficient (Wildman–Crippen LogP) is 1.07. The third-order valence-electron chi connectivity index (χ3n) is 2.41. The summed E-state index contributed by atoms with van der Waals surface area (Å²) in [4.78, 5) is 14.7. The van der Waals surface area contributed by atoms with Crippen molar-refractivity contribution in [3.05, 3.63) is 28.6 Å². The minimum atomic E-state index is -2.81. The minimum Gasteiger partial charge on any atom is -0.469 e. The van der Waals surface area contributed by atoms with Crippen LogP contribution in [-0.2, 0) is 22.5 Å². The number of carbonyl (C=O) groups is 1. The molecule has 0 bridgehead atoms. The Hall–Kier alpha value is -2.07. The number of rotatable bonds is 4. The molecule has 1 aromatic heterocycles. The van der Waals surface area contributed by atoms with Gasteiger partial charge in [0.05, 0.1) is 19.1 Å². The van der Waals surface area contributed by atoms with Gasteiger partial charge in [-0.3, -0.25) is 9.78 Å². The molecule has 0 aliphatic carbocycles. The van der Waals surface area contributed by atoms with E-state index in [2.05, 4.69) is 9.72 Å². The smallest absolute Gasteiger partial charge is 0.310 e. The zero-order valence-electron chi connectivity index (χ0n) is 9.61. The number of nitrogens with two attached hydrogens (primary N) is 1. The average molecular weight is 255 g/mol. The summed E-state index contributed by atoms with van der Waals surface area (Å²) in [5.74, 6) is -0.632. The second-order valence-corrected chi connectivity index (χ2v) is 3.38. The predicted molar refractivity (Wildman–Crippen MR) is 57.5 cm³/mol. The van der Waals surface area contributed by atoms with Crippen molar-refractivity contribution in [1.82, 2.24) is 4.98 Å². The maximum Gasteiger partial charge on any atom is 0.310 e. The third kappa shape index (κ3) is 2.78. The van der Waals surface area contributed by atoms with Gasteiger partial charge in [0.25, 0.3) is 6.43 Å². The first-order valence-electron chi connectivity index (χ1n) is 5.00. The van der Waals surface area contributed by atoms with Gasteiger partial charge >= 0.3 is 5.97 Å². The molecule has 1 heterocycles. The highest BCUT2D eigenvalue weighted by Gasteiger charge is 2.21. The van der Waals surface area contributed by atoms with Gasteiger partial charge in [0.1, 0.15) is 11.8 Å². The van der Waals surface area contributed by atoms with E-state index in [0.29, 0.717) is 0 Å². The Morgan fingerprint density at radius 3 is 2.72 bits per heavy atom. The molecule has 0 amide bonds. The van der Waals surface area contributed by atoms with Crippen LogP contribution in [0.25, 0.3) is 0 Å². The van der Waals surface area contributed by atoms with Crippen LogP contribution < -0.4 is 5.73 Å². The number of aromatic nitrogens is 1. The second kappa shape index (κ2) is 6.02. The van der Waals surface area contributed by atoms with Crippen LogP contribution in [0, 0.1) is 11.3 Å². The Balaban J connectivity index is 3.38. The van der Waals surface area contributed by atoms with E-state index in [-0.39, 0.29) is 29.7 Å². The summed E-state index contributed by atoms with van der Waals surface area (Å²) in [5.41, 5.74) is 5.11. The van der Waals surface area contributed by atoms with E-state index in [9.17, 15) is 13.6 Å². The van der Waals surface area contributed by atoms with Gasteiger partial charge in [0, 0.05) is 12.7 Å². The monoisotopic (exact) mass is 255 g/mol. The number of halogens is 2. The van der Waals surface area contributed by atoms with E-state index >= 15 is 0 Å². The van der Waals surface area contributed by atoms with E-state index < -0.39 is 18.1 Å². The van der Waals surface area contributed by atoms with Crippen LogP contribution in [0.2, 0.25) is 0 Å². The van der Waals surface area contributed by atoms with Gasteiger partial charge in [-0.25, -0.2) is 8.78 Å². The number of hydrogen-bond acceptors (Lipinski definition) is 5. The zero-order chi connectivity index (χ0) is 13.7. The Morgan fingerprint density at radius 1 is 1.61 bits per heavy atom.